The van der Waals surface area contributed by atoms with Crippen molar-refractivity contribution in [1.29, 1.82) is 0 Å². The van der Waals surface area contributed by atoms with Gasteiger partial charge < -0.3 is 19.9 Å². The fraction of sp³-hybridized carbons (Fsp3) is 0.926. The molecular formula is C27H46ClN7O3. The third kappa shape index (κ3) is 4.72. The van der Waals surface area contributed by atoms with E-state index in [4.69, 9.17) is 31.1 Å². The van der Waals surface area contributed by atoms with Crippen LogP contribution >= 0.6 is 11.6 Å². The lowest BCUT2D eigenvalue weighted by Crippen LogP contribution is -2.63. The van der Waals surface area contributed by atoms with Gasteiger partial charge in [0.25, 0.3) is 0 Å². The number of hydrogen-bond donors (Lipinski definition) is 5. The van der Waals surface area contributed by atoms with Crippen LogP contribution in [0.3, 0.4) is 0 Å². The van der Waals surface area contributed by atoms with Crippen LogP contribution in [-0.2, 0) is 9.47 Å². The number of hydrazine groups is 1. The molecule has 0 aromatic heterocycles. The number of alkyl halides is 1. The Hall–Kier alpha value is -0.850. The van der Waals surface area contributed by atoms with E-state index in [2.05, 4.69) is 46.4 Å². The summed E-state index contributed by atoms with van der Waals surface area (Å²) in [6, 6.07) is 0. The van der Waals surface area contributed by atoms with E-state index in [1.807, 2.05) is 7.11 Å². The predicted octanol–water partition coefficient (Wildman–Crippen LogP) is 2.09. The first-order valence-electron chi connectivity index (χ1n) is 14.8. The summed E-state index contributed by atoms with van der Waals surface area (Å²) in [5.74, 6) is 2.59. The summed E-state index contributed by atoms with van der Waals surface area (Å²) in [6.45, 7) is 6.27. The van der Waals surface area contributed by atoms with Crippen LogP contribution < -0.4 is 21.5 Å². The van der Waals surface area contributed by atoms with Gasteiger partial charge in [-0.15, -0.1) is 11.6 Å². The molecule has 7 unspecified atom stereocenters. The normalized spacial score (nSPS) is 45.7. The molecule has 2 aliphatic carbocycles. The van der Waals surface area contributed by atoms with E-state index in [1.165, 1.54) is 51.4 Å². The molecule has 0 bridgehead atoms. The standard InChI is InChI=1S/C27H46ClN7O3/c1-16-8-10-17(11-9-16)15-35-24(26(2,37-3)18-6-4-5-7-18)31-23-27(35,19-12-20(28)14-29-13-19)32-21(30-23)22-33-34-25(36)38-22/h13,16-20,22-25,31,33-34,36H,4-12,14-15H2,1-3H3,(H,30,32)/t16-,17-,19?,20?,22?,23-,24?,25?,26?,27?/m0/s1. The van der Waals surface area contributed by atoms with Crippen molar-refractivity contribution in [2.75, 3.05) is 20.2 Å². The van der Waals surface area contributed by atoms with Crippen LogP contribution in [0.4, 0.5) is 0 Å². The zero-order valence-electron chi connectivity index (χ0n) is 23.0. The van der Waals surface area contributed by atoms with Crippen LogP contribution in [-0.4, -0.2) is 83.9 Å². The maximum atomic E-state index is 9.94. The van der Waals surface area contributed by atoms with Gasteiger partial charge in [-0.25, -0.2) is 15.8 Å². The van der Waals surface area contributed by atoms with Crippen LogP contribution in [0.15, 0.2) is 9.98 Å². The molecule has 0 aromatic rings. The monoisotopic (exact) mass is 551 g/mol. The fourth-order valence-electron chi connectivity index (χ4n) is 8.03. The maximum absolute atomic E-state index is 9.94. The Labute approximate surface area is 231 Å². The molecule has 0 spiro atoms. The van der Waals surface area contributed by atoms with Gasteiger partial charge in [0, 0.05) is 25.8 Å². The molecule has 2 saturated heterocycles. The highest BCUT2D eigenvalue weighted by molar-refractivity contribution is 6.21. The quantitative estimate of drug-likeness (QED) is 0.306. The number of aliphatic hydroxyl groups is 1. The van der Waals surface area contributed by atoms with Gasteiger partial charge in [-0.1, -0.05) is 32.6 Å². The number of fused-ring (bicyclic) bond motifs is 1. The minimum absolute atomic E-state index is 0.0111. The highest BCUT2D eigenvalue weighted by Crippen LogP contribution is 2.49. The van der Waals surface area contributed by atoms with Crippen molar-refractivity contribution in [3.8, 4) is 0 Å². The average Bonchev–Trinajstić information content (AvgIpc) is 3.70. The summed E-state index contributed by atoms with van der Waals surface area (Å²) in [4.78, 5) is 12.8. The van der Waals surface area contributed by atoms with Crippen molar-refractivity contribution in [1.82, 2.24) is 26.4 Å². The van der Waals surface area contributed by atoms with E-state index in [-0.39, 0.29) is 29.2 Å². The molecule has 4 aliphatic heterocycles. The number of aliphatic hydroxyl groups excluding tert-OH is 1. The fourth-order valence-corrected chi connectivity index (χ4v) is 8.30. The highest BCUT2D eigenvalue weighted by atomic mass is 35.5. The smallest absolute Gasteiger partial charge is 0.228 e. The molecule has 214 valence electrons. The second-order valence-electron chi connectivity index (χ2n) is 12.7. The first-order valence-corrected chi connectivity index (χ1v) is 15.2. The first kappa shape index (κ1) is 27.3. The number of nitrogens with one attached hydrogen (secondary N) is 4. The molecule has 0 aromatic carbocycles. The second kappa shape index (κ2) is 10.9. The summed E-state index contributed by atoms with van der Waals surface area (Å²) in [6.07, 6.45) is 11.0. The minimum atomic E-state index is -1.08. The van der Waals surface area contributed by atoms with Crippen LogP contribution in [0.1, 0.15) is 71.6 Å². The van der Waals surface area contributed by atoms with Crippen molar-refractivity contribution in [2.45, 2.75) is 113 Å². The largest absolute Gasteiger partial charge is 0.375 e. The third-order valence-corrected chi connectivity index (χ3v) is 10.7. The Morgan fingerprint density at radius 1 is 1.21 bits per heavy atom. The summed E-state index contributed by atoms with van der Waals surface area (Å²) in [5.41, 5.74) is 4.76. The molecule has 11 heteroatoms. The third-order valence-electron chi connectivity index (χ3n) is 10.3. The molecule has 4 fully saturated rings. The maximum Gasteiger partial charge on any atom is 0.228 e. The molecule has 10 nitrogen and oxygen atoms in total. The number of aliphatic imine (C=N–C) groups is 2. The number of rotatable bonds is 7. The molecule has 6 rings (SSSR count). The van der Waals surface area contributed by atoms with E-state index in [9.17, 15) is 5.11 Å². The van der Waals surface area contributed by atoms with Gasteiger partial charge in [-0.2, -0.15) is 0 Å². The number of amidine groups is 1. The van der Waals surface area contributed by atoms with Gasteiger partial charge in [0.2, 0.25) is 6.41 Å². The predicted molar refractivity (Wildman–Crippen MR) is 147 cm³/mol. The van der Waals surface area contributed by atoms with Gasteiger partial charge in [0.1, 0.15) is 12.0 Å². The Bertz CT molecular complexity index is 911. The van der Waals surface area contributed by atoms with E-state index >= 15 is 0 Å². The second-order valence-corrected chi connectivity index (χ2v) is 13.3. The number of nitrogens with zero attached hydrogens (tertiary/aromatic N) is 3. The molecule has 38 heavy (non-hydrogen) atoms. The van der Waals surface area contributed by atoms with Gasteiger partial charge in [-0.3, -0.25) is 15.2 Å². The zero-order chi connectivity index (χ0) is 26.5. The minimum Gasteiger partial charge on any atom is -0.375 e. The molecule has 0 radical (unpaired) electrons. The van der Waals surface area contributed by atoms with E-state index in [0.717, 1.165) is 18.9 Å². The Balaban J connectivity index is 1.41. The zero-order valence-corrected chi connectivity index (χ0v) is 23.8. The van der Waals surface area contributed by atoms with Gasteiger partial charge in [0.05, 0.1) is 23.7 Å². The highest BCUT2D eigenvalue weighted by Gasteiger charge is 2.66. The lowest BCUT2D eigenvalue weighted by Gasteiger charge is -2.49. The number of ether oxygens (including phenoxy) is 2. The van der Waals surface area contributed by atoms with Crippen molar-refractivity contribution in [3.05, 3.63) is 0 Å². The van der Waals surface area contributed by atoms with Crippen molar-refractivity contribution in [3.63, 3.8) is 0 Å². The Morgan fingerprint density at radius 2 is 1.97 bits per heavy atom. The summed E-state index contributed by atoms with van der Waals surface area (Å²) in [5, 5.41) is 17.6. The van der Waals surface area contributed by atoms with Crippen LogP contribution in [0.2, 0.25) is 0 Å². The lowest BCUT2D eigenvalue weighted by atomic mass is 9.79. The number of hydrogen-bond acceptors (Lipinski definition) is 10. The van der Waals surface area contributed by atoms with Crippen LogP contribution in [0, 0.1) is 23.7 Å². The van der Waals surface area contributed by atoms with Crippen LogP contribution in [0.25, 0.3) is 0 Å². The van der Waals surface area contributed by atoms with Crippen molar-refractivity contribution < 1.29 is 14.6 Å². The van der Waals surface area contributed by atoms with Gasteiger partial charge in [0.15, 0.2) is 11.9 Å². The number of methoxy groups -OCH3 is 1. The molecule has 4 heterocycles. The average molecular weight is 552 g/mol. The molecule has 5 N–H and O–H groups in total. The van der Waals surface area contributed by atoms with E-state index in [0.29, 0.717) is 24.2 Å². The SMILES string of the molecule is COC(C)(C1CCCC1)C1N[C@@H]2NC(C3NNC(O)O3)=NC2(C2C=NCC(Cl)C2)N1C[C@H]1CC[C@H](C)CC1. The van der Waals surface area contributed by atoms with Crippen molar-refractivity contribution in [2.24, 2.45) is 33.7 Å². The lowest BCUT2D eigenvalue weighted by molar-refractivity contribution is -0.119. The van der Waals surface area contributed by atoms with E-state index in [1.54, 1.807) is 0 Å². The number of halogens is 1. The van der Waals surface area contributed by atoms with Crippen LogP contribution in [0.5, 0.6) is 0 Å². The Kier molecular flexibility index (Phi) is 7.80. The van der Waals surface area contributed by atoms with Gasteiger partial charge >= 0.3 is 0 Å². The first-order chi connectivity index (χ1) is 18.3. The molecule has 6 aliphatic rings. The summed E-state index contributed by atoms with van der Waals surface area (Å²) in [7, 11) is 1.88. The van der Waals surface area contributed by atoms with Crippen molar-refractivity contribution >= 4 is 23.7 Å². The summed E-state index contributed by atoms with van der Waals surface area (Å²) < 4.78 is 12.1. The molecule has 0 amide bonds. The van der Waals surface area contributed by atoms with Gasteiger partial charge in [-0.05, 0) is 56.8 Å². The molecule has 2 saturated carbocycles. The van der Waals surface area contributed by atoms with E-state index < -0.39 is 18.3 Å². The molecular weight excluding hydrogens is 506 g/mol. The Morgan fingerprint density at radius 3 is 2.63 bits per heavy atom. The topological polar surface area (TPSA) is 115 Å². The molecule has 8 atom stereocenters. The summed E-state index contributed by atoms with van der Waals surface area (Å²) >= 11 is 6.75.